The van der Waals surface area contributed by atoms with Gasteiger partial charge < -0.3 is 16.0 Å². The average molecular weight is 307 g/mol. The molecule has 1 amide bonds. The van der Waals surface area contributed by atoms with Gasteiger partial charge in [0.15, 0.2) is 0 Å². The molecule has 1 aliphatic heterocycles. The van der Waals surface area contributed by atoms with E-state index in [1.807, 2.05) is 36.9 Å². The molecule has 0 radical (unpaired) electrons. The maximum absolute atomic E-state index is 12.0. The number of nitrogens with one attached hydrogen (secondary N) is 1. The van der Waals surface area contributed by atoms with Crippen molar-refractivity contribution in [3.63, 3.8) is 0 Å². The van der Waals surface area contributed by atoms with Gasteiger partial charge in [0, 0.05) is 29.6 Å². The number of carbonyl (C=O) groups excluding carboxylic acids is 1. The summed E-state index contributed by atoms with van der Waals surface area (Å²) in [4.78, 5) is 14.4. The summed E-state index contributed by atoms with van der Waals surface area (Å²) >= 11 is 2.02. The van der Waals surface area contributed by atoms with Crippen LogP contribution >= 0.6 is 11.8 Å². The van der Waals surface area contributed by atoms with Crippen LogP contribution in [0.4, 0.5) is 11.4 Å². The van der Waals surface area contributed by atoms with Gasteiger partial charge in [-0.05, 0) is 56.8 Å². The number of thioether (sulfide) groups is 1. The van der Waals surface area contributed by atoms with Crippen LogP contribution in [-0.4, -0.2) is 41.9 Å². The minimum absolute atomic E-state index is 0.0675. The Morgan fingerprint density at radius 2 is 2.33 bits per heavy atom. The Labute approximate surface area is 131 Å². The molecule has 0 saturated carbocycles. The highest BCUT2D eigenvalue weighted by Crippen LogP contribution is 2.22. The lowest BCUT2D eigenvalue weighted by atomic mass is 10.1. The SMILES string of the molecule is Cc1ccc(N)cc1NC(=O)CCCN(C)C1CCSC1. The van der Waals surface area contributed by atoms with Crippen LogP contribution in [0.25, 0.3) is 0 Å². The molecule has 1 unspecified atom stereocenters. The highest BCUT2D eigenvalue weighted by atomic mass is 32.2. The van der Waals surface area contributed by atoms with Gasteiger partial charge in [-0.1, -0.05) is 6.07 Å². The molecule has 1 aromatic carbocycles. The molecule has 21 heavy (non-hydrogen) atoms. The quantitative estimate of drug-likeness (QED) is 0.793. The standard InChI is InChI=1S/C16H25N3OS/c1-12-5-6-13(17)10-15(12)18-16(20)4-3-8-19(2)14-7-9-21-11-14/h5-6,10,14H,3-4,7-9,11,17H2,1-2H3,(H,18,20). The predicted octanol–water partition coefficient (Wildman–Crippen LogP) is 2.73. The van der Waals surface area contributed by atoms with E-state index in [2.05, 4.69) is 17.3 Å². The fraction of sp³-hybridized carbons (Fsp3) is 0.562. The number of nitrogens with two attached hydrogens (primary N) is 1. The number of amides is 1. The Balaban J connectivity index is 1.73. The molecule has 1 aliphatic rings. The zero-order valence-electron chi connectivity index (χ0n) is 12.9. The summed E-state index contributed by atoms with van der Waals surface area (Å²) in [5, 5.41) is 2.95. The molecule has 0 aromatic heterocycles. The number of nitrogens with zero attached hydrogens (tertiary/aromatic N) is 1. The van der Waals surface area contributed by atoms with Crippen LogP contribution in [0, 0.1) is 6.92 Å². The third kappa shape index (κ3) is 4.93. The zero-order valence-corrected chi connectivity index (χ0v) is 13.7. The van der Waals surface area contributed by atoms with Crippen molar-refractivity contribution in [2.45, 2.75) is 32.2 Å². The topological polar surface area (TPSA) is 58.4 Å². The van der Waals surface area contributed by atoms with Crippen LogP contribution in [0.5, 0.6) is 0 Å². The van der Waals surface area contributed by atoms with E-state index < -0.39 is 0 Å². The molecular weight excluding hydrogens is 282 g/mol. The predicted molar refractivity (Wildman–Crippen MR) is 91.8 cm³/mol. The van der Waals surface area contributed by atoms with Crippen LogP contribution in [0.3, 0.4) is 0 Å². The summed E-state index contributed by atoms with van der Waals surface area (Å²) in [5.74, 6) is 2.56. The molecule has 116 valence electrons. The van der Waals surface area contributed by atoms with Crippen LogP contribution in [0.1, 0.15) is 24.8 Å². The number of anilines is 2. The minimum Gasteiger partial charge on any atom is -0.399 e. The van der Waals surface area contributed by atoms with Crippen molar-refractivity contribution in [2.75, 3.05) is 36.1 Å². The molecular formula is C16H25N3OS. The molecule has 0 bridgehead atoms. The monoisotopic (exact) mass is 307 g/mol. The average Bonchev–Trinajstić information content (AvgIpc) is 2.97. The summed E-state index contributed by atoms with van der Waals surface area (Å²) in [6.07, 6.45) is 2.72. The van der Waals surface area contributed by atoms with Crippen LogP contribution in [-0.2, 0) is 4.79 Å². The van der Waals surface area contributed by atoms with Gasteiger partial charge in [0.05, 0.1) is 0 Å². The van der Waals surface area contributed by atoms with Crippen LogP contribution in [0.15, 0.2) is 18.2 Å². The molecule has 0 spiro atoms. The first kappa shape index (κ1) is 16.2. The number of hydrogen-bond acceptors (Lipinski definition) is 4. The number of rotatable bonds is 6. The largest absolute Gasteiger partial charge is 0.399 e. The molecule has 1 aromatic rings. The van der Waals surface area contributed by atoms with Gasteiger partial charge in [-0.15, -0.1) is 0 Å². The number of carbonyl (C=O) groups is 1. The van der Waals surface area contributed by atoms with Crippen molar-refractivity contribution < 1.29 is 4.79 Å². The maximum atomic E-state index is 12.0. The van der Waals surface area contributed by atoms with Gasteiger partial charge in [0.1, 0.15) is 0 Å². The van der Waals surface area contributed by atoms with Crippen molar-refractivity contribution in [1.82, 2.24) is 4.90 Å². The van der Waals surface area contributed by atoms with Gasteiger partial charge in [0.25, 0.3) is 0 Å². The molecule has 4 nitrogen and oxygen atoms in total. The molecule has 0 aliphatic carbocycles. The molecule has 1 fully saturated rings. The van der Waals surface area contributed by atoms with Crippen molar-refractivity contribution in [1.29, 1.82) is 0 Å². The lowest BCUT2D eigenvalue weighted by Crippen LogP contribution is -2.32. The van der Waals surface area contributed by atoms with Crippen molar-refractivity contribution in [3.05, 3.63) is 23.8 Å². The third-order valence-corrected chi connectivity index (χ3v) is 5.12. The third-order valence-electron chi connectivity index (χ3n) is 3.98. The molecule has 1 saturated heterocycles. The van der Waals surface area contributed by atoms with Crippen LogP contribution in [0.2, 0.25) is 0 Å². The summed E-state index contributed by atoms with van der Waals surface area (Å²) in [5.41, 5.74) is 8.29. The van der Waals surface area contributed by atoms with E-state index in [1.54, 1.807) is 0 Å². The van der Waals surface area contributed by atoms with E-state index in [4.69, 9.17) is 5.73 Å². The summed E-state index contributed by atoms with van der Waals surface area (Å²) < 4.78 is 0. The fourth-order valence-electron chi connectivity index (χ4n) is 2.53. The van der Waals surface area contributed by atoms with E-state index in [9.17, 15) is 4.79 Å². The number of aryl methyl sites for hydroxylation is 1. The Bertz CT molecular complexity index is 486. The Morgan fingerprint density at radius 3 is 3.05 bits per heavy atom. The number of hydrogen-bond donors (Lipinski definition) is 2. The second kappa shape index (κ2) is 7.71. The highest BCUT2D eigenvalue weighted by molar-refractivity contribution is 7.99. The highest BCUT2D eigenvalue weighted by Gasteiger charge is 2.19. The fourth-order valence-corrected chi connectivity index (χ4v) is 3.83. The second-order valence-corrected chi connectivity index (χ2v) is 6.87. The summed E-state index contributed by atoms with van der Waals surface area (Å²) in [7, 11) is 2.16. The molecule has 1 atom stereocenters. The van der Waals surface area contributed by atoms with Crippen molar-refractivity contribution in [2.24, 2.45) is 0 Å². The summed E-state index contributed by atoms with van der Waals surface area (Å²) in [6.45, 7) is 2.95. The Morgan fingerprint density at radius 1 is 1.52 bits per heavy atom. The molecule has 5 heteroatoms. The maximum Gasteiger partial charge on any atom is 0.224 e. The second-order valence-electron chi connectivity index (χ2n) is 5.72. The number of benzene rings is 1. The lowest BCUT2D eigenvalue weighted by Gasteiger charge is -2.23. The number of nitrogen functional groups attached to an aromatic ring is 1. The first-order chi connectivity index (χ1) is 10.1. The van der Waals surface area contributed by atoms with E-state index in [1.165, 1.54) is 17.9 Å². The smallest absolute Gasteiger partial charge is 0.224 e. The van der Waals surface area contributed by atoms with Crippen molar-refractivity contribution in [3.8, 4) is 0 Å². The van der Waals surface area contributed by atoms with Gasteiger partial charge in [0.2, 0.25) is 5.91 Å². The lowest BCUT2D eigenvalue weighted by molar-refractivity contribution is -0.116. The Hall–Kier alpha value is -1.20. The van der Waals surface area contributed by atoms with E-state index >= 15 is 0 Å². The zero-order chi connectivity index (χ0) is 15.2. The van der Waals surface area contributed by atoms with Gasteiger partial charge in [-0.25, -0.2) is 0 Å². The van der Waals surface area contributed by atoms with Gasteiger partial charge in [-0.2, -0.15) is 11.8 Å². The van der Waals surface area contributed by atoms with E-state index in [0.29, 0.717) is 18.2 Å². The minimum atomic E-state index is 0.0675. The van der Waals surface area contributed by atoms with E-state index in [-0.39, 0.29) is 5.91 Å². The molecule has 2 rings (SSSR count). The molecule has 1 heterocycles. The first-order valence-corrected chi connectivity index (χ1v) is 8.65. The Kier molecular flexibility index (Phi) is 5.94. The first-order valence-electron chi connectivity index (χ1n) is 7.50. The summed E-state index contributed by atoms with van der Waals surface area (Å²) in [6, 6.07) is 6.28. The van der Waals surface area contributed by atoms with Gasteiger partial charge >= 0.3 is 0 Å². The van der Waals surface area contributed by atoms with E-state index in [0.717, 1.165) is 24.2 Å². The van der Waals surface area contributed by atoms with Crippen molar-refractivity contribution >= 4 is 29.0 Å². The normalized spacial score (nSPS) is 18.1. The van der Waals surface area contributed by atoms with Gasteiger partial charge in [-0.3, -0.25) is 4.79 Å². The van der Waals surface area contributed by atoms with Crippen LogP contribution < -0.4 is 11.1 Å². The molecule has 3 N–H and O–H groups in total.